The van der Waals surface area contributed by atoms with Crippen LogP contribution in [0.15, 0.2) is 72.8 Å². The lowest BCUT2D eigenvalue weighted by Crippen LogP contribution is -2.14. The van der Waals surface area contributed by atoms with Crippen LogP contribution in [0.2, 0.25) is 0 Å². The average Bonchev–Trinajstić information content (AvgIpc) is 3.28. The zero-order chi connectivity index (χ0) is 23.2. The van der Waals surface area contributed by atoms with Gasteiger partial charge in [-0.15, -0.1) is 0 Å². The molecule has 4 rings (SSSR count). The van der Waals surface area contributed by atoms with E-state index in [2.05, 4.69) is 20.0 Å². The van der Waals surface area contributed by atoms with E-state index in [0.717, 1.165) is 5.56 Å². The van der Waals surface area contributed by atoms with Crippen molar-refractivity contribution in [2.24, 2.45) is 0 Å². The normalized spacial score (nSPS) is 10.5. The molecule has 7 nitrogen and oxygen atoms in total. The molecule has 0 spiro atoms. The molecule has 1 aromatic heterocycles. The second-order valence-electron chi connectivity index (χ2n) is 7.38. The molecule has 0 atom stereocenters. The predicted molar refractivity (Wildman–Crippen MR) is 130 cm³/mol. The zero-order valence-electron chi connectivity index (χ0n) is 18.2. The first kappa shape index (κ1) is 22.2. The average molecular weight is 459 g/mol. The third-order valence-electron chi connectivity index (χ3n) is 4.72. The number of para-hydroxylation sites is 1. The van der Waals surface area contributed by atoms with Crippen LogP contribution in [0.5, 0.6) is 5.75 Å². The molecule has 8 heteroatoms. The fourth-order valence-corrected chi connectivity index (χ4v) is 3.67. The molecule has 0 aliphatic rings. The van der Waals surface area contributed by atoms with Crippen LogP contribution in [0, 0.1) is 6.92 Å². The van der Waals surface area contributed by atoms with Crippen molar-refractivity contribution in [1.82, 2.24) is 9.36 Å². The van der Waals surface area contributed by atoms with Gasteiger partial charge in [-0.2, -0.15) is 4.37 Å². The van der Waals surface area contributed by atoms with Crippen molar-refractivity contribution in [2.75, 3.05) is 10.6 Å². The van der Waals surface area contributed by atoms with Gasteiger partial charge >= 0.3 is 0 Å². The summed E-state index contributed by atoms with van der Waals surface area (Å²) in [5.41, 5.74) is 3.80. The van der Waals surface area contributed by atoms with Gasteiger partial charge in [0.2, 0.25) is 5.91 Å². The van der Waals surface area contributed by atoms with E-state index in [-0.39, 0.29) is 18.4 Å². The topological polar surface area (TPSA) is 93.2 Å². The number of anilines is 2. The third-order valence-corrected chi connectivity index (χ3v) is 5.41. The van der Waals surface area contributed by atoms with Crippen molar-refractivity contribution in [1.29, 1.82) is 0 Å². The molecule has 4 aromatic rings. The van der Waals surface area contributed by atoms with Crippen molar-refractivity contribution in [3.8, 4) is 17.1 Å². The van der Waals surface area contributed by atoms with Crippen molar-refractivity contribution in [2.45, 2.75) is 20.5 Å². The van der Waals surface area contributed by atoms with Gasteiger partial charge in [0.1, 0.15) is 12.4 Å². The van der Waals surface area contributed by atoms with Crippen molar-refractivity contribution in [3.63, 3.8) is 0 Å². The van der Waals surface area contributed by atoms with Crippen LogP contribution in [0.1, 0.15) is 27.9 Å². The van der Waals surface area contributed by atoms with Gasteiger partial charge in [0.25, 0.3) is 5.91 Å². The first-order chi connectivity index (χ1) is 16.0. The fourth-order valence-electron chi connectivity index (χ4n) is 3.09. The maximum Gasteiger partial charge on any atom is 0.259 e. The highest BCUT2D eigenvalue weighted by Crippen LogP contribution is 2.24. The number of nitrogens with one attached hydrogen (secondary N) is 2. The van der Waals surface area contributed by atoms with Crippen LogP contribution in [-0.2, 0) is 11.4 Å². The van der Waals surface area contributed by atoms with E-state index in [9.17, 15) is 9.59 Å². The Balaban J connectivity index is 1.42. The van der Waals surface area contributed by atoms with Gasteiger partial charge in [-0.05, 0) is 54.9 Å². The van der Waals surface area contributed by atoms with Crippen LogP contribution < -0.4 is 15.4 Å². The first-order valence-electron chi connectivity index (χ1n) is 10.3. The summed E-state index contributed by atoms with van der Waals surface area (Å²) < 4.78 is 10.3. The Kier molecular flexibility index (Phi) is 6.75. The minimum absolute atomic E-state index is 0.153. The molecule has 0 aliphatic carbocycles. The Morgan fingerprint density at radius 1 is 0.909 bits per heavy atom. The molecular weight excluding hydrogens is 436 g/mol. The standard InChI is InChI=1S/C25H22N4O3S/c1-16-7-9-18(10-8-16)24-28-23(33-29-24)15-32-22-6-4-3-5-21(22)25(31)27-20-13-11-19(12-14-20)26-17(2)30/h3-14H,15H2,1-2H3,(H,26,30)(H,27,31). The summed E-state index contributed by atoms with van der Waals surface area (Å²) in [7, 11) is 0. The first-order valence-corrected chi connectivity index (χ1v) is 11.1. The molecule has 0 radical (unpaired) electrons. The van der Waals surface area contributed by atoms with E-state index in [0.29, 0.717) is 33.5 Å². The van der Waals surface area contributed by atoms with Crippen molar-refractivity contribution in [3.05, 3.63) is 88.9 Å². The summed E-state index contributed by atoms with van der Waals surface area (Å²) in [4.78, 5) is 28.5. The molecule has 33 heavy (non-hydrogen) atoms. The molecule has 2 amide bonds. The van der Waals surface area contributed by atoms with E-state index < -0.39 is 0 Å². The Morgan fingerprint density at radius 2 is 1.58 bits per heavy atom. The number of amides is 2. The van der Waals surface area contributed by atoms with E-state index >= 15 is 0 Å². The number of aryl methyl sites for hydroxylation is 1. The molecular formula is C25H22N4O3S. The smallest absolute Gasteiger partial charge is 0.259 e. The van der Waals surface area contributed by atoms with Gasteiger partial charge in [0.15, 0.2) is 10.8 Å². The number of carbonyl (C=O) groups is 2. The number of hydrogen-bond acceptors (Lipinski definition) is 6. The second kappa shape index (κ2) is 10.1. The molecule has 0 unspecified atom stereocenters. The molecule has 2 N–H and O–H groups in total. The molecule has 0 saturated carbocycles. The van der Waals surface area contributed by atoms with Gasteiger partial charge in [-0.1, -0.05) is 42.0 Å². The molecule has 166 valence electrons. The Hall–Kier alpha value is -4.04. The molecule has 1 heterocycles. The molecule has 0 fully saturated rings. The predicted octanol–water partition coefficient (Wildman–Crippen LogP) is 5.30. The highest BCUT2D eigenvalue weighted by molar-refractivity contribution is 7.05. The Morgan fingerprint density at radius 3 is 2.27 bits per heavy atom. The van der Waals surface area contributed by atoms with Gasteiger partial charge in [0.05, 0.1) is 5.56 Å². The van der Waals surface area contributed by atoms with Gasteiger partial charge < -0.3 is 15.4 Å². The Bertz CT molecular complexity index is 1270. The molecule has 0 aliphatic heterocycles. The van der Waals surface area contributed by atoms with Gasteiger partial charge in [0, 0.05) is 23.9 Å². The van der Waals surface area contributed by atoms with Crippen LogP contribution in [0.25, 0.3) is 11.4 Å². The highest BCUT2D eigenvalue weighted by Gasteiger charge is 2.14. The Labute approximate surface area is 195 Å². The van der Waals surface area contributed by atoms with Gasteiger partial charge in [-0.3, -0.25) is 9.59 Å². The third kappa shape index (κ3) is 5.81. The summed E-state index contributed by atoms with van der Waals surface area (Å²) in [6, 6.07) is 22.0. The van der Waals surface area contributed by atoms with Crippen LogP contribution in [0.4, 0.5) is 11.4 Å². The zero-order valence-corrected chi connectivity index (χ0v) is 19.0. The van der Waals surface area contributed by atoms with Crippen LogP contribution >= 0.6 is 11.5 Å². The van der Waals surface area contributed by atoms with E-state index in [1.54, 1.807) is 42.5 Å². The molecule has 0 bridgehead atoms. The maximum absolute atomic E-state index is 12.8. The highest BCUT2D eigenvalue weighted by atomic mass is 32.1. The second-order valence-corrected chi connectivity index (χ2v) is 8.21. The summed E-state index contributed by atoms with van der Waals surface area (Å²) in [5, 5.41) is 6.26. The minimum Gasteiger partial charge on any atom is -0.486 e. The van der Waals surface area contributed by atoms with Crippen molar-refractivity contribution < 1.29 is 14.3 Å². The van der Waals surface area contributed by atoms with E-state index in [4.69, 9.17) is 4.74 Å². The van der Waals surface area contributed by atoms with Crippen LogP contribution in [-0.4, -0.2) is 21.2 Å². The molecule has 3 aromatic carbocycles. The number of ether oxygens (including phenoxy) is 1. The lowest BCUT2D eigenvalue weighted by Gasteiger charge is -2.11. The van der Waals surface area contributed by atoms with Crippen LogP contribution in [0.3, 0.4) is 0 Å². The minimum atomic E-state index is -0.296. The number of nitrogens with zero attached hydrogens (tertiary/aromatic N) is 2. The number of hydrogen-bond donors (Lipinski definition) is 2. The summed E-state index contributed by atoms with van der Waals surface area (Å²) in [5.74, 6) is 0.666. The summed E-state index contributed by atoms with van der Waals surface area (Å²) in [6.45, 7) is 3.68. The monoisotopic (exact) mass is 458 g/mol. The summed E-state index contributed by atoms with van der Waals surface area (Å²) in [6.07, 6.45) is 0. The van der Waals surface area contributed by atoms with E-state index in [1.807, 2.05) is 37.3 Å². The van der Waals surface area contributed by atoms with Gasteiger partial charge in [-0.25, -0.2) is 4.98 Å². The van der Waals surface area contributed by atoms with Crippen molar-refractivity contribution >= 4 is 34.7 Å². The maximum atomic E-state index is 12.8. The quantitative estimate of drug-likeness (QED) is 0.392. The molecule has 0 saturated heterocycles. The summed E-state index contributed by atoms with van der Waals surface area (Å²) >= 11 is 1.27. The number of aromatic nitrogens is 2. The lowest BCUT2D eigenvalue weighted by atomic mass is 10.1. The van der Waals surface area contributed by atoms with E-state index in [1.165, 1.54) is 24.0 Å². The fraction of sp³-hybridized carbons (Fsp3) is 0.120. The largest absolute Gasteiger partial charge is 0.486 e. The number of carbonyl (C=O) groups excluding carboxylic acids is 2. The number of benzene rings is 3. The SMILES string of the molecule is CC(=O)Nc1ccc(NC(=O)c2ccccc2OCc2nc(-c3ccc(C)cc3)ns2)cc1. The lowest BCUT2D eigenvalue weighted by molar-refractivity contribution is -0.114. The number of rotatable bonds is 7.